The van der Waals surface area contributed by atoms with Crippen molar-refractivity contribution in [1.82, 2.24) is 4.90 Å². The first-order valence-electron chi connectivity index (χ1n) is 9.26. The fourth-order valence-corrected chi connectivity index (χ4v) is 5.86. The Morgan fingerprint density at radius 2 is 1.77 bits per heavy atom. The molecule has 1 amide bonds. The Morgan fingerprint density at radius 3 is 2.29 bits per heavy atom. The van der Waals surface area contributed by atoms with E-state index in [1.807, 2.05) is 0 Å². The van der Waals surface area contributed by atoms with Gasteiger partial charge in [-0.3, -0.25) is 9.35 Å². The van der Waals surface area contributed by atoms with Crippen molar-refractivity contribution in [3.8, 4) is 0 Å². The fourth-order valence-electron chi connectivity index (χ4n) is 4.24. The summed E-state index contributed by atoms with van der Waals surface area (Å²) in [6.45, 7) is 1.43. The van der Waals surface area contributed by atoms with E-state index in [0.29, 0.717) is 17.7 Å². The van der Waals surface area contributed by atoms with E-state index < -0.39 is 49.7 Å². The number of hydrogen-bond acceptors (Lipinski definition) is 3. The van der Waals surface area contributed by atoms with E-state index in [9.17, 15) is 30.9 Å². The van der Waals surface area contributed by atoms with E-state index in [2.05, 4.69) is 0 Å². The fraction of sp³-hybridized carbons (Fsp3) is 0.350. The van der Waals surface area contributed by atoms with Crippen LogP contribution in [0.2, 0.25) is 10.0 Å². The minimum atomic E-state index is -4.54. The highest BCUT2D eigenvalue weighted by atomic mass is 35.5. The van der Waals surface area contributed by atoms with Crippen LogP contribution in [0.25, 0.3) is 0 Å². The van der Waals surface area contributed by atoms with Crippen molar-refractivity contribution in [3.05, 3.63) is 69.0 Å². The molecule has 0 radical (unpaired) electrons. The molecule has 0 aromatic heterocycles. The Kier molecular flexibility index (Phi) is 6.63. The molecule has 1 saturated heterocycles. The quantitative estimate of drug-likeness (QED) is 0.474. The van der Waals surface area contributed by atoms with Crippen molar-refractivity contribution in [3.63, 3.8) is 0 Å². The minimum Gasteiger partial charge on any atom is -0.338 e. The first-order valence-corrected chi connectivity index (χ1v) is 11.5. The lowest BCUT2D eigenvalue weighted by atomic mass is 9.75. The van der Waals surface area contributed by atoms with Gasteiger partial charge in [0.2, 0.25) is 0 Å². The van der Waals surface area contributed by atoms with Crippen LogP contribution in [0.4, 0.5) is 13.2 Å². The van der Waals surface area contributed by atoms with E-state index in [-0.39, 0.29) is 36.0 Å². The third kappa shape index (κ3) is 4.41. The summed E-state index contributed by atoms with van der Waals surface area (Å²) in [6, 6.07) is 5.68. The third-order valence-electron chi connectivity index (χ3n) is 5.66. The van der Waals surface area contributed by atoms with Crippen molar-refractivity contribution < 1.29 is 30.9 Å². The van der Waals surface area contributed by atoms with E-state index in [1.54, 1.807) is 13.0 Å². The molecule has 0 aliphatic carbocycles. The molecule has 1 fully saturated rings. The molecule has 2 aromatic rings. The lowest BCUT2D eigenvalue weighted by molar-refractivity contribution is 0.0780. The zero-order chi connectivity index (χ0) is 23.1. The van der Waals surface area contributed by atoms with Gasteiger partial charge in [0.25, 0.3) is 16.0 Å². The number of hydrogen-bond donors (Lipinski definition) is 1. The van der Waals surface area contributed by atoms with Crippen LogP contribution < -0.4 is 0 Å². The monoisotopic (exact) mass is 495 g/mol. The zero-order valence-electron chi connectivity index (χ0n) is 16.2. The number of rotatable bonds is 5. The molecule has 1 aliphatic heterocycles. The molecular weight excluding hydrogens is 478 g/mol. The van der Waals surface area contributed by atoms with Gasteiger partial charge in [0.15, 0.2) is 17.5 Å². The maximum absolute atomic E-state index is 13.6. The summed E-state index contributed by atoms with van der Waals surface area (Å²) in [6.07, 6.45) is 0.155. The van der Waals surface area contributed by atoms with Gasteiger partial charge in [0.1, 0.15) is 0 Å². The van der Waals surface area contributed by atoms with E-state index in [1.165, 1.54) is 17.0 Å². The Hall–Kier alpha value is -1.81. The van der Waals surface area contributed by atoms with Gasteiger partial charge in [-0.05, 0) is 42.7 Å². The number of nitrogens with zero attached hydrogens (tertiary/aromatic N) is 1. The number of benzene rings is 2. The van der Waals surface area contributed by atoms with Crippen LogP contribution in [0.15, 0.2) is 30.3 Å². The first kappa shape index (κ1) is 23.8. The molecule has 1 N–H and O–H groups in total. The molecule has 11 heteroatoms. The van der Waals surface area contributed by atoms with Gasteiger partial charge in [-0.2, -0.15) is 8.42 Å². The number of amides is 1. The Balaban J connectivity index is 2.06. The second-order valence-corrected chi connectivity index (χ2v) is 9.84. The summed E-state index contributed by atoms with van der Waals surface area (Å²) >= 11 is 12.1. The van der Waals surface area contributed by atoms with Gasteiger partial charge < -0.3 is 4.90 Å². The van der Waals surface area contributed by atoms with Crippen LogP contribution in [0, 0.1) is 17.5 Å². The van der Waals surface area contributed by atoms with Gasteiger partial charge in [-0.1, -0.05) is 36.2 Å². The van der Waals surface area contributed by atoms with Crippen LogP contribution in [0.3, 0.4) is 0 Å². The predicted molar refractivity (Wildman–Crippen MR) is 111 cm³/mol. The molecule has 2 aromatic carbocycles. The maximum Gasteiger partial charge on any atom is 0.268 e. The predicted octanol–water partition coefficient (Wildman–Crippen LogP) is 4.86. The smallest absolute Gasteiger partial charge is 0.268 e. The van der Waals surface area contributed by atoms with Gasteiger partial charge >= 0.3 is 0 Å². The average Bonchev–Trinajstić information content (AvgIpc) is 3.12. The van der Waals surface area contributed by atoms with Crippen molar-refractivity contribution in [2.24, 2.45) is 0 Å². The summed E-state index contributed by atoms with van der Waals surface area (Å²) in [5.41, 5.74) is -1.22. The number of carbonyl (C=O) groups is 1. The molecule has 0 saturated carbocycles. The van der Waals surface area contributed by atoms with E-state index >= 15 is 0 Å². The van der Waals surface area contributed by atoms with Gasteiger partial charge in [-0.15, -0.1) is 0 Å². The first-order chi connectivity index (χ1) is 14.4. The topological polar surface area (TPSA) is 74.7 Å². The Morgan fingerprint density at radius 1 is 1.16 bits per heavy atom. The third-order valence-corrected chi connectivity index (χ3v) is 7.90. The molecule has 2 unspecified atom stereocenters. The lowest BCUT2D eigenvalue weighted by Gasteiger charge is -2.36. The Bertz CT molecular complexity index is 1120. The number of likely N-dealkylation sites (tertiary alicyclic amines) is 1. The molecule has 5 nitrogen and oxygen atoms in total. The van der Waals surface area contributed by atoms with Crippen molar-refractivity contribution in [1.29, 1.82) is 0 Å². The molecule has 0 bridgehead atoms. The van der Waals surface area contributed by atoms with Crippen molar-refractivity contribution >= 4 is 39.2 Å². The standard InChI is InChI=1S/C20H18Cl2F3NO4S/c1-2-17(31(28,29)30)20(12-3-4-13(21)14(22)9-12)5-6-26(10-20)19(27)11-7-15(23)18(25)16(24)8-11/h3-4,7-9,17H,2,5-6,10H2,1H3,(H,28,29,30). The highest BCUT2D eigenvalue weighted by molar-refractivity contribution is 7.86. The molecule has 1 heterocycles. The SMILES string of the molecule is CCC(C1(c2ccc(Cl)c(Cl)c2)CCN(C(=O)c2cc(F)c(F)c(F)c2)C1)S(=O)(=O)O. The summed E-state index contributed by atoms with van der Waals surface area (Å²) in [7, 11) is -4.54. The van der Waals surface area contributed by atoms with Crippen LogP contribution in [0.1, 0.15) is 35.7 Å². The van der Waals surface area contributed by atoms with Crippen LogP contribution in [0.5, 0.6) is 0 Å². The largest absolute Gasteiger partial charge is 0.338 e. The van der Waals surface area contributed by atoms with Crippen molar-refractivity contribution in [2.75, 3.05) is 13.1 Å². The second kappa shape index (κ2) is 8.61. The highest BCUT2D eigenvalue weighted by Gasteiger charge is 2.51. The molecular formula is C20H18Cl2F3NO4S. The molecule has 0 spiro atoms. The van der Waals surface area contributed by atoms with Crippen LogP contribution >= 0.6 is 23.2 Å². The molecule has 3 rings (SSSR count). The molecule has 2 atom stereocenters. The summed E-state index contributed by atoms with van der Waals surface area (Å²) < 4.78 is 74.8. The highest BCUT2D eigenvalue weighted by Crippen LogP contribution is 2.43. The van der Waals surface area contributed by atoms with Crippen LogP contribution in [-0.2, 0) is 15.5 Å². The minimum absolute atomic E-state index is 0.0287. The van der Waals surface area contributed by atoms with Gasteiger partial charge in [0.05, 0.1) is 15.3 Å². The van der Waals surface area contributed by atoms with Gasteiger partial charge in [0, 0.05) is 24.1 Å². The van der Waals surface area contributed by atoms with Gasteiger partial charge in [-0.25, -0.2) is 13.2 Å². The second-order valence-electron chi connectivity index (χ2n) is 7.43. The van der Waals surface area contributed by atoms with E-state index in [4.69, 9.17) is 23.2 Å². The van der Waals surface area contributed by atoms with Crippen molar-refractivity contribution in [2.45, 2.75) is 30.4 Å². The van der Waals surface area contributed by atoms with Crippen LogP contribution in [-0.4, -0.2) is 42.1 Å². The number of halogens is 5. The lowest BCUT2D eigenvalue weighted by Crippen LogP contribution is -2.47. The van der Waals surface area contributed by atoms with E-state index in [0.717, 1.165) is 0 Å². The summed E-state index contributed by atoms with van der Waals surface area (Å²) in [4.78, 5) is 14.1. The molecule has 1 aliphatic rings. The molecule has 31 heavy (non-hydrogen) atoms. The normalized spacial score (nSPS) is 20.2. The molecule has 168 valence electrons. The number of carbonyl (C=O) groups excluding carboxylic acids is 1. The maximum atomic E-state index is 13.6. The summed E-state index contributed by atoms with van der Waals surface area (Å²) in [5, 5.41) is -0.878. The summed E-state index contributed by atoms with van der Waals surface area (Å²) in [5.74, 6) is -5.52. The average molecular weight is 496 g/mol. The Labute approximate surface area is 187 Å². The zero-order valence-corrected chi connectivity index (χ0v) is 18.5.